The molecule has 2 N–H and O–H groups in total. The van der Waals surface area contributed by atoms with Crippen LogP contribution in [0.4, 0.5) is 0 Å². The van der Waals surface area contributed by atoms with E-state index in [1.165, 1.54) is 12.1 Å². The van der Waals surface area contributed by atoms with Crippen molar-refractivity contribution in [3.63, 3.8) is 0 Å². The zero-order chi connectivity index (χ0) is 17.8. The largest absolute Gasteiger partial charge is 0.381 e. The Morgan fingerprint density at radius 1 is 1.29 bits per heavy atom. The molecule has 0 aromatic heterocycles. The van der Waals surface area contributed by atoms with Crippen LogP contribution in [0.25, 0.3) is 0 Å². The van der Waals surface area contributed by atoms with E-state index in [1.54, 1.807) is 19.9 Å². The number of hydrogen-bond donors (Lipinski definition) is 2. The summed E-state index contributed by atoms with van der Waals surface area (Å²) in [7, 11) is -3.58. The number of carbonyl (C=O) groups excluding carboxylic acids is 1. The van der Waals surface area contributed by atoms with Gasteiger partial charge in [-0.15, -0.1) is 0 Å². The smallest absolute Gasteiger partial charge is 0.251 e. The minimum atomic E-state index is -3.58. The summed E-state index contributed by atoms with van der Waals surface area (Å²) >= 11 is 0. The van der Waals surface area contributed by atoms with Gasteiger partial charge in [0, 0.05) is 31.9 Å². The van der Waals surface area contributed by atoms with Gasteiger partial charge in [-0.25, -0.2) is 13.1 Å². The maximum atomic E-state index is 12.5. The Hall–Kier alpha value is -1.44. The van der Waals surface area contributed by atoms with Crippen molar-refractivity contribution in [1.29, 1.82) is 0 Å². The average molecular weight is 354 g/mol. The van der Waals surface area contributed by atoms with Gasteiger partial charge < -0.3 is 10.1 Å². The van der Waals surface area contributed by atoms with E-state index >= 15 is 0 Å². The van der Waals surface area contributed by atoms with E-state index in [1.807, 2.05) is 0 Å². The van der Waals surface area contributed by atoms with E-state index in [0.29, 0.717) is 31.9 Å². The number of aryl methyl sites for hydroxylation is 1. The highest BCUT2D eigenvalue weighted by Crippen LogP contribution is 2.28. The van der Waals surface area contributed by atoms with Gasteiger partial charge in [-0.05, 0) is 42.9 Å². The molecule has 0 atom stereocenters. The van der Waals surface area contributed by atoms with Crippen molar-refractivity contribution in [3.8, 4) is 0 Å². The molecule has 0 bridgehead atoms. The van der Waals surface area contributed by atoms with Crippen LogP contribution in [0, 0.1) is 12.3 Å². The highest BCUT2D eigenvalue weighted by molar-refractivity contribution is 7.89. The molecule has 0 saturated carbocycles. The topological polar surface area (TPSA) is 84.5 Å². The van der Waals surface area contributed by atoms with Crippen LogP contribution in [0.3, 0.4) is 0 Å². The van der Waals surface area contributed by atoms with Crippen molar-refractivity contribution in [2.24, 2.45) is 5.41 Å². The normalized spacial score (nSPS) is 17.5. The standard InChI is InChI=1S/C17H26N2O4S/c1-4-19-24(21,22)14-6-5-13(2)15(11-14)16(20)18-12-17(3)7-9-23-10-8-17/h5-6,11,19H,4,7-10,12H2,1-3H3,(H,18,20). The molecule has 1 fully saturated rings. The third-order valence-electron chi connectivity index (χ3n) is 4.47. The molecule has 1 aliphatic heterocycles. The summed E-state index contributed by atoms with van der Waals surface area (Å²) in [6.45, 7) is 7.93. The third kappa shape index (κ3) is 4.55. The van der Waals surface area contributed by atoms with Gasteiger partial charge in [0.15, 0.2) is 0 Å². The molecule has 7 heteroatoms. The first-order chi connectivity index (χ1) is 11.3. The zero-order valence-corrected chi connectivity index (χ0v) is 15.3. The quantitative estimate of drug-likeness (QED) is 0.816. The van der Waals surface area contributed by atoms with Gasteiger partial charge in [-0.2, -0.15) is 0 Å². The first-order valence-corrected chi connectivity index (χ1v) is 9.72. The molecule has 1 heterocycles. The minimum Gasteiger partial charge on any atom is -0.381 e. The summed E-state index contributed by atoms with van der Waals surface area (Å²) in [5, 5.41) is 2.95. The summed E-state index contributed by atoms with van der Waals surface area (Å²) < 4.78 is 32.0. The molecule has 1 aromatic carbocycles. The highest BCUT2D eigenvalue weighted by Gasteiger charge is 2.28. The van der Waals surface area contributed by atoms with Gasteiger partial charge in [0.2, 0.25) is 10.0 Å². The molecule has 0 spiro atoms. The summed E-state index contributed by atoms with van der Waals surface area (Å²) in [4.78, 5) is 12.6. The summed E-state index contributed by atoms with van der Waals surface area (Å²) in [5.41, 5.74) is 1.17. The second-order valence-corrected chi connectivity index (χ2v) is 8.35. The van der Waals surface area contributed by atoms with E-state index in [-0.39, 0.29) is 16.2 Å². The Morgan fingerprint density at radius 2 is 1.96 bits per heavy atom. The molecule has 0 radical (unpaired) electrons. The number of rotatable bonds is 6. The van der Waals surface area contributed by atoms with Gasteiger partial charge in [-0.1, -0.05) is 19.9 Å². The Balaban J connectivity index is 2.14. The number of hydrogen-bond acceptors (Lipinski definition) is 4. The van der Waals surface area contributed by atoms with Crippen molar-refractivity contribution in [2.75, 3.05) is 26.3 Å². The number of benzene rings is 1. The molecule has 24 heavy (non-hydrogen) atoms. The molecule has 6 nitrogen and oxygen atoms in total. The number of nitrogens with one attached hydrogen (secondary N) is 2. The lowest BCUT2D eigenvalue weighted by Crippen LogP contribution is -2.39. The van der Waals surface area contributed by atoms with Crippen LogP contribution in [0.5, 0.6) is 0 Å². The SMILES string of the molecule is CCNS(=O)(=O)c1ccc(C)c(C(=O)NCC2(C)CCOCC2)c1. The van der Waals surface area contributed by atoms with Crippen molar-refractivity contribution in [1.82, 2.24) is 10.0 Å². The predicted molar refractivity (Wildman–Crippen MR) is 92.5 cm³/mol. The zero-order valence-electron chi connectivity index (χ0n) is 14.5. The van der Waals surface area contributed by atoms with E-state index in [0.717, 1.165) is 18.4 Å². The maximum absolute atomic E-state index is 12.5. The lowest BCUT2D eigenvalue weighted by molar-refractivity contribution is 0.0238. The van der Waals surface area contributed by atoms with Crippen LogP contribution in [0.2, 0.25) is 0 Å². The molecule has 0 aliphatic carbocycles. The van der Waals surface area contributed by atoms with Gasteiger partial charge in [0.05, 0.1) is 4.90 Å². The Morgan fingerprint density at radius 3 is 2.58 bits per heavy atom. The molecule has 134 valence electrons. The van der Waals surface area contributed by atoms with E-state index in [2.05, 4.69) is 17.0 Å². The highest BCUT2D eigenvalue weighted by atomic mass is 32.2. The van der Waals surface area contributed by atoms with Gasteiger partial charge >= 0.3 is 0 Å². The van der Waals surface area contributed by atoms with Gasteiger partial charge in [0.1, 0.15) is 0 Å². The number of ether oxygens (including phenoxy) is 1. The molecule has 1 saturated heterocycles. The number of carbonyl (C=O) groups is 1. The second kappa shape index (κ2) is 7.63. The molecular formula is C17H26N2O4S. The number of sulfonamides is 1. The fourth-order valence-electron chi connectivity index (χ4n) is 2.72. The Bertz CT molecular complexity index is 695. The first-order valence-electron chi connectivity index (χ1n) is 8.24. The molecule has 1 aromatic rings. The second-order valence-electron chi connectivity index (χ2n) is 6.58. The van der Waals surface area contributed by atoms with Gasteiger partial charge in [-0.3, -0.25) is 4.79 Å². The van der Waals surface area contributed by atoms with Crippen LogP contribution < -0.4 is 10.0 Å². The maximum Gasteiger partial charge on any atom is 0.251 e. The van der Waals surface area contributed by atoms with Crippen LogP contribution in [-0.2, 0) is 14.8 Å². The van der Waals surface area contributed by atoms with Gasteiger partial charge in [0.25, 0.3) is 5.91 Å². The summed E-state index contributed by atoms with van der Waals surface area (Å²) in [6, 6.07) is 4.62. The van der Waals surface area contributed by atoms with Crippen molar-refractivity contribution >= 4 is 15.9 Å². The van der Waals surface area contributed by atoms with Crippen molar-refractivity contribution < 1.29 is 17.9 Å². The fraction of sp³-hybridized carbons (Fsp3) is 0.588. The van der Waals surface area contributed by atoms with E-state index in [4.69, 9.17) is 4.74 Å². The fourth-order valence-corrected chi connectivity index (χ4v) is 3.78. The monoisotopic (exact) mass is 354 g/mol. The van der Waals surface area contributed by atoms with Crippen LogP contribution in [0.1, 0.15) is 42.6 Å². The summed E-state index contributed by atoms with van der Waals surface area (Å²) in [6.07, 6.45) is 1.81. The predicted octanol–water partition coefficient (Wildman–Crippen LogP) is 1.84. The lowest BCUT2D eigenvalue weighted by atomic mass is 9.82. The molecular weight excluding hydrogens is 328 g/mol. The van der Waals surface area contributed by atoms with Crippen LogP contribution >= 0.6 is 0 Å². The molecule has 0 unspecified atom stereocenters. The number of amides is 1. The van der Waals surface area contributed by atoms with Crippen LogP contribution in [-0.4, -0.2) is 40.6 Å². The van der Waals surface area contributed by atoms with Crippen molar-refractivity contribution in [2.45, 2.75) is 38.5 Å². The first kappa shape index (κ1) is 18.9. The molecule has 2 rings (SSSR count). The average Bonchev–Trinajstić information content (AvgIpc) is 2.53. The van der Waals surface area contributed by atoms with Crippen LogP contribution in [0.15, 0.2) is 23.1 Å². The lowest BCUT2D eigenvalue weighted by Gasteiger charge is -2.33. The third-order valence-corrected chi connectivity index (χ3v) is 6.02. The molecule has 1 amide bonds. The molecule has 1 aliphatic rings. The van der Waals surface area contributed by atoms with E-state index < -0.39 is 10.0 Å². The van der Waals surface area contributed by atoms with Crippen molar-refractivity contribution in [3.05, 3.63) is 29.3 Å². The summed E-state index contributed by atoms with van der Waals surface area (Å²) in [5.74, 6) is -0.242. The van der Waals surface area contributed by atoms with E-state index in [9.17, 15) is 13.2 Å². The minimum absolute atomic E-state index is 0.0231. The Kier molecular flexibility index (Phi) is 6.01. The Labute approximate surface area is 144 Å².